The predicted molar refractivity (Wildman–Crippen MR) is 104 cm³/mol. The van der Waals surface area contributed by atoms with Gasteiger partial charge in [-0.1, -0.05) is 24.3 Å². The number of benzene rings is 2. The SMILES string of the molecule is O=C1NC2(CCc3ccccc3C2)C(=O)N1Cc1cc([N+](=O)[O-])cc2c1OCOC2. The lowest BCUT2D eigenvalue weighted by molar-refractivity contribution is -0.385. The molecule has 0 saturated carbocycles. The second-order valence-electron chi connectivity index (χ2n) is 7.81. The van der Waals surface area contributed by atoms with Gasteiger partial charge in [0.15, 0.2) is 6.79 Å². The molecule has 0 bridgehead atoms. The van der Waals surface area contributed by atoms with Crippen molar-refractivity contribution in [2.45, 2.75) is 38.0 Å². The molecule has 1 atom stereocenters. The maximum absolute atomic E-state index is 13.3. The Balaban J connectivity index is 1.47. The normalized spacial score (nSPS) is 22.3. The van der Waals surface area contributed by atoms with Gasteiger partial charge in [0, 0.05) is 29.7 Å². The van der Waals surface area contributed by atoms with E-state index in [1.54, 1.807) is 0 Å². The minimum absolute atomic E-state index is 0.0126. The van der Waals surface area contributed by atoms with Crippen LogP contribution in [0.15, 0.2) is 36.4 Å². The average Bonchev–Trinajstić information content (AvgIpc) is 2.97. The number of nitrogens with zero attached hydrogens (tertiary/aromatic N) is 2. The summed E-state index contributed by atoms with van der Waals surface area (Å²) in [5.41, 5.74) is 2.07. The fourth-order valence-corrected chi connectivity index (χ4v) is 4.52. The molecule has 1 N–H and O–H groups in total. The maximum atomic E-state index is 13.3. The lowest BCUT2D eigenvalue weighted by atomic mass is 9.78. The average molecular weight is 409 g/mol. The molecule has 3 amide bonds. The van der Waals surface area contributed by atoms with Crippen molar-refractivity contribution in [3.8, 4) is 5.75 Å². The zero-order valence-electron chi connectivity index (χ0n) is 16.1. The first-order valence-electron chi connectivity index (χ1n) is 9.68. The highest BCUT2D eigenvalue weighted by Gasteiger charge is 2.52. The van der Waals surface area contributed by atoms with Crippen molar-refractivity contribution in [3.63, 3.8) is 0 Å². The summed E-state index contributed by atoms with van der Waals surface area (Å²) < 4.78 is 10.8. The molecule has 1 aliphatic carbocycles. The van der Waals surface area contributed by atoms with Crippen LogP contribution < -0.4 is 10.1 Å². The Morgan fingerprint density at radius 2 is 1.97 bits per heavy atom. The number of hydrogen-bond donors (Lipinski definition) is 1. The summed E-state index contributed by atoms with van der Waals surface area (Å²) in [5.74, 6) is 0.122. The first kappa shape index (κ1) is 18.6. The first-order valence-corrected chi connectivity index (χ1v) is 9.68. The van der Waals surface area contributed by atoms with E-state index in [1.165, 1.54) is 17.7 Å². The summed E-state index contributed by atoms with van der Waals surface area (Å²) in [5, 5.41) is 14.2. The fraction of sp³-hybridized carbons (Fsp3) is 0.333. The minimum Gasteiger partial charge on any atom is -0.467 e. The van der Waals surface area contributed by atoms with Crippen LogP contribution in [-0.2, 0) is 35.5 Å². The van der Waals surface area contributed by atoms with E-state index in [9.17, 15) is 19.7 Å². The number of aryl methyl sites for hydroxylation is 1. The smallest absolute Gasteiger partial charge is 0.325 e. The van der Waals surface area contributed by atoms with Crippen LogP contribution in [0.25, 0.3) is 0 Å². The lowest BCUT2D eigenvalue weighted by Crippen LogP contribution is -2.51. The highest BCUT2D eigenvalue weighted by atomic mass is 16.7. The second kappa shape index (κ2) is 6.81. The van der Waals surface area contributed by atoms with E-state index in [4.69, 9.17) is 9.47 Å². The van der Waals surface area contributed by atoms with Crippen LogP contribution in [-0.4, -0.2) is 34.1 Å². The lowest BCUT2D eigenvalue weighted by Gasteiger charge is -2.32. The third kappa shape index (κ3) is 2.89. The zero-order valence-corrected chi connectivity index (χ0v) is 16.1. The Labute approximate surface area is 171 Å². The molecule has 2 heterocycles. The number of imide groups is 1. The molecular weight excluding hydrogens is 390 g/mol. The van der Waals surface area contributed by atoms with Crippen LogP contribution in [0.4, 0.5) is 10.5 Å². The molecule has 5 rings (SSSR count). The Hall–Kier alpha value is -3.46. The first-order chi connectivity index (χ1) is 14.5. The molecule has 2 aliphatic heterocycles. The molecule has 9 heteroatoms. The van der Waals surface area contributed by atoms with Gasteiger partial charge in [-0.05, 0) is 24.0 Å². The summed E-state index contributed by atoms with van der Waals surface area (Å²) >= 11 is 0. The van der Waals surface area contributed by atoms with Crippen molar-refractivity contribution in [1.29, 1.82) is 0 Å². The molecule has 9 nitrogen and oxygen atoms in total. The van der Waals surface area contributed by atoms with Crippen molar-refractivity contribution in [1.82, 2.24) is 10.2 Å². The third-order valence-electron chi connectivity index (χ3n) is 5.99. The fourth-order valence-electron chi connectivity index (χ4n) is 4.52. The number of nitrogens with one attached hydrogen (secondary N) is 1. The number of amides is 3. The predicted octanol–water partition coefficient (Wildman–Crippen LogP) is 2.44. The third-order valence-corrected chi connectivity index (χ3v) is 5.99. The van der Waals surface area contributed by atoms with Crippen LogP contribution >= 0.6 is 0 Å². The van der Waals surface area contributed by atoms with Gasteiger partial charge >= 0.3 is 6.03 Å². The molecule has 1 saturated heterocycles. The van der Waals surface area contributed by atoms with Gasteiger partial charge in [-0.25, -0.2) is 4.79 Å². The molecule has 154 valence electrons. The van der Waals surface area contributed by atoms with Crippen molar-refractivity contribution < 1.29 is 24.0 Å². The molecule has 0 aromatic heterocycles. The van der Waals surface area contributed by atoms with E-state index < -0.39 is 16.5 Å². The molecular formula is C21H19N3O6. The maximum Gasteiger partial charge on any atom is 0.325 e. The van der Waals surface area contributed by atoms with Gasteiger partial charge in [0.25, 0.3) is 11.6 Å². The van der Waals surface area contributed by atoms with E-state index in [0.29, 0.717) is 36.1 Å². The number of carbonyl (C=O) groups excluding carboxylic acids is 2. The number of fused-ring (bicyclic) bond motifs is 2. The molecule has 30 heavy (non-hydrogen) atoms. The summed E-state index contributed by atoms with van der Waals surface area (Å²) in [6, 6.07) is 10.2. The van der Waals surface area contributed by atoms with Crippen LogP contribution in [0.5, 0.6) is 5.75 Å². The monoisotopic (exact) mass is 409 g/mol. The number of carbonyl (C=O) groups is 2. The Morgan fingerprint density at radius 1 is 1.17 bits per heavy atom. The van der Waals surface area contributed by atoms with Crippen molar-refractivity contribution in [2.24, 2.45) is 0 Å². The van der Waals surface area contributed by atoms with E-state index in [2.05, 4.69) is 5.32 Å². The number of nitro benzene ring substituents is 1. The Morgan fingerprint density at radius 3 is 2.77 bits per heavy atom. The van der Waals surface area contributed by atoms with Gasteiger partial charge in [-0.3, -0.25) is 19.8 Å². The highest BCUT2D eigenvalue weighted by Crippen LogP contribution is 2.37. The number of ether oxygens (including phenoxy) is 2. The molecule has 3 aliphatic rings. The van der Waals surface area contributed by atoms with E-state index in [-0.39, 0.29) is 31.5 Å². The number of nitro groups is 1. The molecule has 1 unspecified atom stereocenters. The summed E-state index contributed by atoms with van der Waals surface area (Å²) in [6.45, 7) is 0.0850. The quantitative estimate of drug-likeness (QED) is 0.474. The van der Waals surface area contributed by atoms with Gasteiger partial charge in [0.2, 0.25) is 0 Å². The van der Waals surface area contributed by atoms with Crippen molar-refractivity contribution >= 4 is 17.6 Å². The Bertz CT molecular complexity index is 1080. The second-order valence-corrected chi connectivity index (χ2v) is 7.81. The van der Waals surface area contributed by atoms with Gasteiger partial charge in [-0.15, -0.1) is 0 Å². The molecule has 1 spiro atoms. The van der Waals surface area contributed by atoms with Crippen molar-refractivity contribution in [3.05, 3.63) is 68.8 Å². The summed E-state index contributed by atoms with van der Waals surface area (Å²) in [7, 11) is 0. The van der Waals surface area contributed by atoms with Crippen LogP contribution in [0.2, 0.25) is 0 Å². The summed E-state index contributed by atoms with van der Waals surface area (Å²) in [6.07, 6.45) is 1.65. The highest BCUT2D eigenvalue weighted by molar-refractivity contribution is 6.07. The molecule has 0 radical (unpaired) electrons. The number of non-ortho nitro benzene ring substituents is 1. The molecule has 2 aromatic rings. The summed E-state index contributed by atoms with van der Waals surface area (Å²) in [4.78, 5) is 38.0. The number of rotatable bonds is 3. The van der Waals surface area contributed by atoms with Crippen LogP contribution in [0.1, 0.15) is 28.7 Å². The Kier molecular flexibility index (Phi) is 4.21. The molecule has 1 fully saturated rings. The standard InChI is InChI=1S/C21H19N3O6/c25-19-21(6-5-13-3-1-2-4-14(13)9-21)22-20(26)23(19)10-15-7-17(24(27)28)8-16-11-29-12-30-18(15)16/h1-4,7-8H,5-6,9-12H2,(H,22,26). The van der Waals surface area contributed by atoms with E-state index in [1.807, 2.05) is 24.3 Å². The molecule has 2 aromatic carbocycles. The van der Waals surface area contributed by atoms with Crippen LogP contribution in [0.3, 0.4) is 0 Å². The number of hydrogen-bond acceptors (Lipinski definition) is 6. The zero-order chi connectivity index (χ0) is 20.9. The van der Waals surface area contributed by atoms with Gasteiger partial charge in [0.05, 0.1) is 18.1 Å². The minimum atomic E-state index is -0.976. The van der Waals surface area contributed by atoms with E-state index >= 15 is 0 Å². The largest absolute Gasteiger partial charge is 0.467 e. The number of urea groups is 1. The van der Waals surface area contributed by atoms with Crippen molar-refractivity contribution in [2.75, 3.05) is 6.79 Å². The topological polar surface area (TPSA) is 111 Å². The van der Waals surface area contributed by atoms with Crippen LogP contribution in [0, 0.1) is 10.1 Å². The van der Waals surface area contributed by atoms with Gasteiger partial charge < -0.3 is 14.8 Å². The van der Waals surface area contributed by atoms with E-state index in [0.717, 1.165) is 10.5 Å². The van der Waals surface area contributed by atoms with Gasteiger partial charge in [-0.2, -0.15) is 0 Å². The van der Waals surface area contributed by atoms with Gasteiger partial charge in [0.1, 0.15) is 11.3 Å².